The predicted octanol–water partition coefficient (Wildman–Crippen LogP) is 3.13. The highest BCUT2D eigenvalue weighted by Gasteiger charge is 2.26. The first-order valence-electron chi connectivity index (χ1n) is 5.22. The summed E-state index contributed by atoms with van der Waals surface area (Å²) in [5.74, 6) is 0.460. The Hall–Kier alpha value is -0.730. The molecule has 3 N–H and O–H groups in total. The summed E-state index contributed by atoms with van der Waals surface area (Å²) in [7, 11) is 0. The van der Waals surface area contributed by atoms with Gasteiger partial charge < -0.3 is 11.1 Å². The molecule has 2 nitrogen and oxygen atoms in total. The number of nitrogens with two attached hydrogens (primary N) is 1. The molecule has 0 fully saturated rings. The van der Waals surface area contributed by atoms with Crippen LogP contribution in [-0.4, -0.2) is 12.1 Å². The fraction of sp³-hybridized carbons (Fsp3) is 0.500. The van der Waals surface area contributed by atoms with Gasteiger partial charge in [-0.05, 0) is 31.0 Å². The van der Waals surface area contributed by atoms with E-state index in [4.69, 9.17) is 17.3 Å². The van der Waals surface area contributed by atoms with Crippen LogP contribution in [0.2, 0.25) is 5.02 Å². The molecule has 0 radical (unpaired) electrons. The van der Waals surface area contributed by atoms with E-state index in [1.807, 2.05) is 24.3 Å². The molecule has 1 aromatic rings. The van der Waals surface area contributed by atoms with E-state index in [0.717, 1.165) is 10.7 Å². The first-order valence-corrected chi connectivity index (χ1v) is 5.59. The van der Waals surface area contributed by atoms with Crippen LogP contribution in [0.25, 0.3) is 0 Å². The molecule has 0 aliphatic carbocycles. The predicted molar refractivity (Wildman–Crippen MR) is 67.4 cm³/mol. The monoisotopic (exact) mass is 226 g/mol. The number of nitrogens with one attached hydrogen (secondary N) is 1. The largest absolute Gasteiger partial charge is 0.378 e. The summed E-state index contributed by atoms with van der Waals surface area (Å²) >= 11 is 5.93. The van der Waals surface area contributed by atoms with E-state index in [9.17, 15) is 0 Å². The first kappa shape index (κ1) is 12.3. The van der Waals surface area contributed by atoms with Crippen molar-refractivity contribution in [1.29, 1.82) is 0 Å². The summed E-state index contributed by atoms with van der Waals surface area (Å²) in [5.41, 5.74) is 6.72. The van der Waals surface area contributed by atoms with Crippen LogP contribution in [0.3, 0.4) is 0 Å². The molecule has 3 heteroatoms. The van der Waals surface area contributed by atoms with Gasteiger partial charge in [0.1, 0.15) is 0 Å². The lowest BCUT2D eigenvalue weighted by atomic mass is 9.88. The van der Waals surface area contributed by atoms with Crippen LogP contribution >= 0.6 is 11.6 Å². The molecule has 15 heavy (non-hydrogen) atoms. The second-order valence-electron chi connectivity index (χ2n) is 4.41. The quantitative estimate of drug-likeness (QED) is 0.828. The van der Waals surface area contributed by atoms with Crippen LogP contribution in [0.5, 0.6) is 0 Å². The Balaban J connectivity index is 2.84. The topological polar surface area (TPSA) is 38.0 Å². The molecule has 1 aromatic carbocycles. The van der Waals surface area contributed by atoms with Gasteiger partial charge in [-0.15, -0.1) is 0 Å². The normalized spacial score (nSPS) is 15.1. The van der Waals surface area contributed by atoms with Crippen LogP contribution in [0, 0.1) is 5.92 Å². The molecule has 0 aromatic heterocycles. The van der Waals surface area contributed by atoms with E-state index in [1.165, 1.54) is 0 Å². The number of benzene rings is 1. The third kappa shape index (κ3) is 3.11. The van der Waals surface area contributed by atoms with Crippen LogP contribution in [0.1, 0.15) is 20.8 Å². The lowest BCUT2D eigenvalue weighted by Gasteiger charge is -2.34. The summed E-state index contributed by atoms with van der Waals surface area (Å²) in [5, 5.41) is 4.17. The third-order valence-corrected chi connectivity index (χ3v) is 3.19. The smallest absolute Gasteiger partial charge is 0.0490 e. The number of rotatable bonds is 4. The second kappa shape index (κ2) is 4.86. The van der Waals surface area contributed by atoms with Gasteiger partial charge >= 0.3 is 0 Å². The summed E-state index contributed by atoms with van der Waals surface area (Å²) in [6.45, 7) is 7.03. The zero-order valence-corrected chi connectivity index (χ0v) is 10.3. The van der Waals surface area contributed by atoms with Crippen molar-refractivity contribution in [2.24, 2.45) is 11.7 Å². The van der Waals surface area contributed by atoms with Gasteiger partial charge in [0.15, 0.2) is 0 Å². The number of hydrogen-bond donors (Lipinski definition) is 2. The average molecular weight is 227 g/mol. The lowest BCUT2D eigenvalue weighted by Crippen LogP contribution is -2.47. The maximum atomic E-state index is 5.93. The summed E-state index contributed by atoms with van der Waals surface area (Å²) in [6, 6.07) is 7.71. The molecular weight excluding hydrogens is 208 g/mol. The molecule has 0 spiro atoms. The Morgan fingerprint density at radius 1 is 1.47 bits per heavy atom. The maximum absolute atomic E-state index is 5.93. The molecule has 0 heterocycles. The highest BCUT2D eigenvalue weighted by molar-refractivity contribution is 6.30. The standard InChI is InChI=1S/C12H19ClN2/c1-9(2)12(3,8-14)15-11-6-4-5-10(13)7-11/h4-7,9,15H,8,14H2,1-3H3. The highest BCUT2D eigenvalue weighted by Crippen LogP contribution is 2.23. The molecule has 0 amide bonds. The molecule has 0 saturated carbocycles. The molecule has 0 bridgehead atoms. The molecule has 1 unspecified atom stereocenters. The lowest BCUT2D eigenvalue weighted by molar-refractivity contribution is 0.382. The van der Waals surface area contributed by atoms with E-state index in [2.05, 4.69) is 26.1 Å². The average Bonchev–Trinajstić information content (AvgIpc) is 2.17. The van der Waals surface area contributed by atoms with E-state index >= 15 is 0 Å². The zero-order valence-electron chi connectivity index (χ0n) is 9.55. The van der Waals surface area contributed by atoms with Gasteiger partial charge in [0.05, 0.1) is 0 Å². The van der Waals surface area contributed by atoms with Gasteiger partial charge in [0.25, 0.3) is 0 Å². The Labute approximate surface area is 96.8 Å². The molecule has 0 saturated heterocycles. The van der Waals surface area contributed by atoms with E-state index in [0.29, 0.717) is 12.5 Å². The van der Waals surface area contributed by atoms with Crippen molar-refractivity contribution in [2.75, 3.05) is 11.9 Å². The fourth-order valence-electron chi connectivity index (χ4n) is 1.33. The molecular formula is C12H19ClN2. The van der Waals surface area contributed by atoms with Crippen molar-refractivity contribution in [3.05, 3.63) is 29.3 Å². The minimum absolute atomic E-state index is 0.0926. The minimum Gasteiger partial charge on any atom is -0.378 e. The van der Waals surface area contributed by atoms with Crippen LogP contribution in [-0.2, 0) is 0 Å². The van der Waals surface area contributed by atoms with Crippen LogP contribution in [0.4, 0.5) is 5.69 Å². The summed E-state index contributed by atoms with van der Waals surface area (Å²) < 4.78 is 0. The van der Waals surface area contributed by atoms with Gasteiger partial charge in [0.2, 0.25) is 0 Å². The van der Waals surface area contributed by atoms with Gasteiger partial charge in [-0.25, -0.2) is 0 Å². The highest BCUT2D eigenvalue weighted by atomic mass is 35.5. The van der Waals surface area contributed by atoms with Crippen molar-refractivity contribution in [3.8, 4) is 0 Å². The van der Waals surface area contributed by atoms with Crippen LogP contribution in [0.15, 0.2) is 24.3 Å². The summed E-state index contributed by atoms with van der Waals surface area (Å²) in [6.07, 6.45) is 0. The first-order chi connectivity index (χ1) is 6.98. The Kier molecular flexibility index (Phi) is 4.00. The van der Waals surface area contributed by atoms with Crippen LogP contribution < -0.4 is 11.1 Å². The van der Waals surface area contributed by atoms with Crippen molar-refractivity contribution in [1.82, 2.24) is 0 Å². The van der Waals surface area contributed by atoms with Crippen molar-refractivity contribution >= 4 is 17.3 Å². The molecule has 84 valence electrons. The molecule has 0 aliphatic heterocycles. The third-order valence-electron chi connectivity index (χ3n) is 2.95. The summed E-state index contributed by atoms with van der Waals surface area (Å²) in [4.78, 5) is 0. The van der Waals surface area contributed by atoms with Gasteiger partial charge in [-0.3, -0.25) is 0 Å². The van der Waals surface area contributed by atoms with Crippen molar-refractivity contribution in [2.45, 2.75) is 26.3 Å². The fourth-order valence-corrected chi connectivity index (χ4v) is 1.52. The van der Waals surface area contributed by atoms with Crippen molar-refractivity contribution in [3.63, 3.8) is 0 Å². The minimum atomic E-state index is -0.0926. The Morgan fingerprint density at radius 3 is 2.60 bits per heavy atom. The number of halogens is 1. The zero-order chi connectivity index (χ0) is 11.5. The SMILES string of the molecule is CC(C)C(C)(CN)Nc1cccc(Cl)c1. The van der Waals surface area contributed by atoms with Gasteiger partial charge in [-0.1, -0.05) is 31.5 Å². The maximum Gasteiger partial charge on any atom is 0.0490 e. The van der Waals surface area contributed by atoms with Gasteiger partial charge in [-0.2, -0.15) is 0 Å². The molecule has 1 rings (SSSR count). The molecule has 0 aliphatic rings. The number of anilines is 1. The van der Waals surface area contributed by atoms with Gasteiger partial charge in [0, 0.05) is 22.8 Å². The van der Waals surface area contributed by atoms with E-state index in [1.54, 1.807) is 0 Å². The number of hydrogen-bond acceptors (Lipinski definition) is 2. The van der Waals surface area contributed by atoms with Crippen molar-refractivity contribution < 1.29 is 0 Å². The Bertz CT molecular complexity index is 325. The van der Waals surface area contributed by atoms with E-state index in [-0.39, 0.29) is 5.54 Å². The second-order valence-corrected chi connectivity index (χ2v) is 4.85. The van der Waals surface area contributed by atoms with E-state index < -0.39 is 0 Å². The molecule has 1 atom stereocenters. The Morgan fingerprint density at radius 2 is 2.13 bits per heavy atom.